The van der Waals surface area contributed by atoms with Gasteiger partial charge in [-0.25, -0.2) is 9.78 Å². The lowest BCUT2D eigenvalue weighted by atomic mass is 9.99. The van der Waals surface area contributed by atoms with E-state index >= 15 is 0 Å². The second-order valence-electron chi connectivity index (χ2n) is 10.9. The summed E-state index contributed by atoms with van der Waals surface area (Å²) in [4.78, 5) is 45.5. The summed E-state index contributed by atoms with van der Waals surface area (Å²) in [7, 11) is 3.24. The Bertz CT molecular complexity index is 2010. The molecule has 2 aromatic carbocycles. The van der Waals surface area contributed by atoms with Crippen LogP contribution >= 0.6 is 23.2 Å². The minimum Gasteiger partial charge on any atom is -0.481 e. The molecule has 46 heavy (non-hydrogen) atoms. The molecule has 11 nitrogen and oxygen atoms in total. The average Bonchev–Trinajstić information content (AvgIpc) is 3.62. The zero-order valence-corrected chi connectivity index (χ0v) is 26.3. The molecule has 234 valence electrons. The number of ether oxygens (including phenoxy) is 1. The van der Waals surface area contributed by atoms with Crippen molar-refractivity contribution >= 4 is 52.4 Å². The lowest BCUT2D eigenvalue weighted by Crippen LogP contribution is -2.41. The molecule has 1 fully saturated rings. The van der Waals surface area contributed by atoms with Crippen LogP contribution in [0.5, 0.6) is 5.88 Å². The number of methoxy groups -OCH3 is 1. The normalized spacial score (nSPS) is 14.3. The highest BCUT2D eigenvalue weighted by Gasteiger charge is 2.26. The number of nitrogens with zero attached hydrogens (tertiary/aromatic N) is 5. The summed E-state index contributed by atoms with van der Waals surface area (Å²) < 4.78 is 7.20. The summed E-state index contributed by atoms with van der Waals surface area (Å²) in [5.74, 6) is 0.177. The number of pyridine rings is 2. The smallest absolute Gasteiger partial charge is 0.407 e. The molecule has 0 saturated carbocycles. The fraction of sp³-hybridized carbons (Fsp3) is 0.212. The first-order valence-electron chi connectivity index (χ1n) is 14.4. The first kappa shape index (κ1) is 31.0. The molecule has 0 aliphatic carbocycles. The highest BCUT2D eigenvalue weighted by Crippen LogP contribution is 2.42. The van der Waals surface area contributed by atoms with Crippen molar-refractivity contribution in [3.63, 3.8) is 0 Å². The van der Waals surface area contributed by atoms with Crippen molar-refractivity contribution in [2.45, 2.75) is 25.4 Å². The van der Waals surface area contributed by atoms with E-state index in [1.165, 1.54) is 12.0 Å². The first-order valence-corrected chi connectivity index (χ1v) is 15.1. The van der Waals surface area contributed by atoms with E-state index in [-0.39, 0.29) is 30.9 Å². The summed E-state index contributed by atoms with van der Waals surface area (Å²) in [5, 5.41) is 18.4. The molecule has 4 heterocycles. The summed E-state index contributed by atoms with van der Waals surface area (Å²) >= 11 is 14.0. The van der Waals surface area contributed by atoms with Crippen LogP contribution in [-0.4, -0.2) is 67.7 Å². The van der Waals surface area contributed by atoms with E-state index in [4.69, 9.17) is 27.9 Å². The van der Waals surface area contributed by atoms with Gasteiger partial charge in [0, 0.05) is 65.5 Å². The molecule has 1 aliphatic heterocycles. The molecule has 0 radical (unpaired) electrons. The minimum atomic E-state index is -1.11. The van der Waals surface area contributed by atoms with Gasteiger partial charge in [0.1, 0.15) is 5.69 Å². The molecule has 1 aliphatic rings. The number of nitrogens with one attached hydrogen (secondary N) is 1. The molecule has 2 amide bonds. The lowest BCUT2D eigenvalue weighted by Gasteiger charge is -2.23. The second-order valence-corrected chi connectivity index (χ2v) is 11.6. The third-order valence-electron chi connectivity index (χ3n) is 8.01. The average molecular weight is 660 g/mol. The molecule has 2 N–H and O–H groups in total. The van der Waals surface area contributed by atoms with Crippen molar-refractivity contribution in [1.29, 1.82) is 0 Å². The van der Waals surface area contributed by atoms with E-state index in [0.29, 0.717) is 62.2 Å². The Morgan fingerprint density at radius 3 is 2.63 bits per heavy atom. The monoisotopic (exact) mass is 658 g/mol. The largest absolute Gasteiger partial charge is 0.481 e. The molecular formula is C33H28Cl2N6O5. The number of aryl methyl sites for hydroxylation is 1. The van der Waals surface area contributed by atoms with E-state index in [2.05, 4.69) is 20.4 Å². The molecule has 5 aromatic rings. The van der Waals surface area contributed by atoms with Gasteiger partial charge in [0.05, 0.1) is 40.6 Å². The third-order valence-corrected chi connectivity index (χ3v) is 8.80. The van der Waals surface area contributed by atoms with Crippen LogP contribution in [0.1, 0.15) is 28.9 Å². The number of aldehydes is 1. The Labute approximate surface area is 273 Å². The van der Waals surface area contributed by atoms with Gasteiger partial charge in [-0.2, -0.15) is 5.10 Å². The number of carbonyl (C=O) groups excluding carboxylic acids is 2. The van der Waals surface area contributed by atoms with Crippen molar-refractivity contribution in [1.82, 2.24) is 30.0 Å². The van der Waals surface area contributed by atoms with Gasteiger partial charge in [-0.1, -0.05) is 47.5 Å². The van der Waals surface area contributed by atoms with E-state index in [9.17, 15) is 19.5 Å². The van der Waals surface area contributed by atoms with E-state index in [0.717, 1.165) is 22.8 Å². The summed E-state index contributed by atoms with van der Waals surface area (Å²) in [6, 6.07) is 16.2. The Morgan fingerprint density at radius 2 is 1.91 bits per heavy atom. The van der Waals surface area contributed by atoms with E-state index in [1.54, 1.807) is 36.1 Å². The summed E-state index contributed by atoms with van der Waals surface area (Å²) in [6.45, 7) is 0.187. The van der Waals surface area contributed by atoms with Crippen molar-refractivity contribution in [3.8, 4) is 39.5 Å². The third kappa shape index (κ3) is 5.86. The maximum Gasteiger partial charge on any atom is 0.407 e. The van der Waals surface area contributed by atoms with Gasteiger partial charge < -0.3 is 20.1 Å². The molecule has 0 bridgehead atoms. The van der Waals surface area contributed by atoms with Crippen LogP contribution in [0.2, 0.25) is 10.0 Å². The Hall–Kier alpha value is -5.00. The number of halogens is 2. The van der Waals surface area contributed by atoms with Crippen LogP contribution in [0, 0.1) is 0 Å². The number of amides is 2. The number of carboxylic acid groups (broad SMARTS) is 1. The van der Waals surface area contributed by atoms with Crippen molar-refractivity contribution in [2.75, 3.05) is 13.7 Å². The fourth-order valence-electron chi connectivity index (χ4n) is 5.72. The Morgan fingerprint density at radius 1 is 1.13 bits per heavy atom. The fourth-order valence-corrected chi connectivity index (χ4v) is 6.37. The molecule has 1 atom stereocenters. The van der Waals surface area contributed by atoms with Crippen molar-refractivity contribution in [3.05, 3.63) is 82.1 Å². The topological polar surface area (TPSA) is 140 Å². The number of fused-ring (bicyclic) bond motifs is 1. The van der Waals surface area contributed by atoms with Gasteiger partial charge in [0.15, 0.2) is 6.29 Å². The van der Waals surface area contributed by atoms with Gasteiger partial charge >= 0.3 is 6.09 Å². The van der Waals surface area contributed by atoms with E-state index < -0.39 is 6.09 Å². The predicted octanol–water partition coefficient (Wildman–Crippen LogP) is 6.25. The SMILES string of the molecule is COc1nc(-c2cccc(-c3ccnc(-c4ccc5c(C=O)nn(C)c5c4)c3Cl)c2Cl)ccc1CN(C[C@@H]1CCC(=O)N1)C(=O)O. The van der Waals surface area contributed by atoms with Crippen molar-refractivity contribution in [2.24, 2.45) is 7.05 Å². The zero-order valence-electron chi connectivity index (χ0n) is 24.8. The van der Waals surface area contributed by atoms with Crippen molar-refractivity contribution < 1.29 is 24.2 Å². The molecule has 0 unspecified atom stereocenters. The molecule has 6 rings (SSSR count). The highest BCUT2D eigenvalue weighted by atomic mass is 35.5. The Balaban J connectivity index is 1.32. The zero-order chi connectivity index (χ0) is 32.5. The van der Waals surface area contributed by atoms with Crippen LogP contribution in [0.4, 0.5) is 4.79 Å². The van der Waals surface area contributed by atoms with E-state index in [1.807, 2.05) is 36.4 Å². The maximum absolute atomic E-state index is 12.0. The lowest BCUT2D eigenvalue weighted by molar-refractivity contribution is -0.119. The number of rotatable bonds is 9. The van der Waals surface area contributed by atoms with Crippen LogP contribution in [-0.2, 0) is 18.4 Å². The van der Waals surface area contributed by atoms with Crippen LogP contribution in [0.3, 0.4) is 0 Å². The maximum atomic E-state index is 12.0. The quantitative estimate of drug-likeness (QED) is 0.177. The summed E-state index contributed by atoms with van der Waals surface area (Å²) in [6.07, 6.45) is 2.24. The van der Waals surface area contributed by atoms with Gasteiger partial charge in [0.2, 0.25) is 11.8 Å². The van der Waals surface area contributed by atoms with Crippen LogP contribution < -0.4 is 10.1 Å². The highest BCUT2D eigenvalue weighted by molar-refractivity contribution is 6.39. The standard InChI is InChI=1S/C33H28Cl2N6O5/c1-40-27-14-18(6-9-23(27)26(17-42)39-40)31-30(35)22(12-13-36-31)21-4-3-5-24(29(21)34)25-10-7-19(32(38-25)46-2)15-41(33(44)45)16-20-8-11-28(43)37-20/h3-7,9-10,12-14,17,20H,8,11,15-16H2,1-2H3,(H,37,43)(H,44,45)/t20-/m0/s1. The predicted molar refractivity (Wildman–Crippen MR) is 174 cm³/mol. The molecule has 0 spiro atoms. The number of benzene rings is 2. The van der Waals surface area contributed by atoms with Crippen LogP contribution in [0.15, 0.2) is 60.8 Å². The number of hydrogen-bond donors (Lipinski definition) is 2. The minimum absolute atomic E-state index is 0.0302. The van der Waals surface area contributed by atoms with Gasteiger partial charge in [-0.05, 0) is 36.8 Å². The van der Waals surface area contributed by atoms with Gasteiger partial charge in [-0.3, -0.25) is 19.3 Å². The number of aromatic nitrogens is 4. The molecule has 1 saturated heterocycles. The number of carbonyl (C=O) groups is 3. The molecule has 3 aromatic heterocycles. The number of hydrogen-bond acceptors (Lipinski definition) is 7. The van der Waals surface area contributed by atoms with Gasteiger partial charge in [-0.15, -0.1) is 0 Å². The second kappa shape index (κ2) is 12.8. The first-order chi connectivity index (χ1) is 22.2. The van der Waals surface area contributed by atoms with Crippen LogP contribution in [0.25, 0.3) is 44.5 Å². The summed E-state index contributed by atoms with van der Waals surface area (Å²) in [5.41, 5.74) is 5.46. The Kier molecular flexibility index (Phi) is 8.61. The van der Waals surface area contributed by atoms with Gasteiger partial charge in [0.25, 0.3) is 0 Å². The molecule has 13 heteroatoms. The molecular weight excluding hydrogens is 631 g/mol.